The van der Waals surface area contributed by atoms with Crippen molar-refractivity contribution < 1.29 is 19.4 Å². The van der Waals surface area contributed by atoms with Gasteiger partial charge in [0, 0.05) is 25.2 Å². The highest BCUT2D eigenvalue weighted by Crippen LogP contribution is 2.30. The second-order valence-corrected chi connectivity index (χ2v) is 7.83. The maximum absolute atomic E-state index is 12.2. The van der Waals surface area contributed by atoms with Gasteiger partial charge in [0.05, 0.1) is 5.92 Å². The minimum atomic E-state index is -0.826. The Hall–Kier alpha value is -1.30. The third kappa shape index (κ3) is 4.59. The van der Waals surface area contributed by atoms with Crippen molar-refractivity contribution in [3.8, 4) is 0 Å². The highest BCUT2D eigenvalue weighted by molar-refractivity contribution is 5.74. The lowest BCUT2D eigenvalue weighted by atomic mass is 9.90. The van der Waals surface area contributed by atoms with Crippen molar-refractivity contribution in [2.45, 2.75) is 70.6 Å². The fourth-order valence-electron chi connectivity index (χ4n) is 3.74. The average molecular weight is 326 g/mol. The number of amides is 1. The van der Waals surface area contributed by atoms with Crippen molar-refractivity contribution in [3.63, 3.8) is 0 Å². The standard InChI is InChI=1S/C17H30N2O4/c1-17(2,3)23-16(22)19-10-9-14(13(11-19)15(20)21)18(4)12-7-5-6-8-12/h12-14H,5-11H2,1-4H3,(H,20,21)/t13-,14+/m1/s1. The highest BCUT2D eigenvalue weighted by Gasteiger charge is 2.41. The Morgan fingerprint density at radius 1 is 1.17 bits per heavy atom. The van der Waals surface area contributed by atoms with Crippen LogP contribution in [0.25, 0.3) is 0 Å². The van der Waals surface area contributed by atoms with E-state index in [1.165, 1.54) is 12.8 Å². The third-order valence-corrected chi connectivity index (χ3v) is 4.97. The molecule has 0 bridgehead atoms. The highest BCUT2D eigenvalue weighted by atomic mass is 16.6. The van der Waals surface area contributed by atoms with Gasteiger partial charge in [-0.3, -0.25) is 9.69 Å². The van der Waals surface area contributed by atoms with Crippen LogP contribution in [0, 0.1) is 5.92 Å². The number of hydrogen-bond donors (Lipinski definition) is 1. The summed E-state index contributed by atoms with van der Waals surface area (Å²) in [5.74, 6) is -1.38. The lowest BCUT2D eigenvalue weighted by molar-refractivity contribution is -0.146. The van der Waals surface area contributed by atoms with E-state index < -0.39 is 23.6 Å². The van der Waals surface area contributed by atoms with Crippen molar-refractivity contribution in [1.29, 1.82) is 0 Å². The van der Waals surface area contributed by atoms with Gasteiger partial charge >= 0.3 is 12.1 Å². The first-order valence-corrected chi connectivity index (χ1v) is 8.61. The number of hydrogen-bond acceptors (Lipinski definition) is 4. The first-order chi connectivity index (χ1) is 10.7. The molecule has 0 aromatic carbocycles. The Balaban J connectivity index is 2.02. The number of likely N-dealkylation sites (tertiary alicyclic amines) is 1. The van der Waals surface area contributed by atoms with E-state index in [1.807, 2.05) is 27.8 Å². The van der Waals surface area contributed by atoms with E-state index in [-0.39, 0.29) is 12.6 Å². The molecule has 1 heterocycles. The number of carboxylic acid groups (broad SMARTS) is 1. The van der Waals surface area contributed by atoms with Crippen molar-refractivity contribution >= 4 is 12.1 Å². The molecule has 6 nitrogen and oxygen atoms in total. The van der Waals surface area contributed by atoms with Gasteiger partial charge < -0.3 is 14.7 Å². The summed E-state index contributed by atoms with van der Waals surface area (Å²) in [7, 11) is 2.04. The third-order valence-electron chi connectivity index (χ3n) is 4.97. The molecule has 1 amide bonds. The first-order valence-electron chi connectivity index (χ1n) is 8.61. The zero-order valence-electron chi connectivity index (χ0n) is 14.7. The lowest BCUT2D eigenvalue weighted by Gasteiger charge is -2.43. The van der Waals surface area contributed by atoms with E-state index in [0.717, 1.165) is 12.8 Å². The molecule has 2 atom stereocenters. The molecule has 6 heteroatoms. The van der Waals surface area contributed by atoms with Gasteiger partial charge in [-0.05, 0) is 47.1 Å². The molecule has 132 valence electrons. The quantitative estimate of drug-likeness (QED) is 0.863. The molecule has 0 spiro atoms. The summed E-state index contributed by atoms with van der Waals surface area (Å²) >= 11 is 0. The van der Waals surface area contributed by atoms with E-state index in [4.69, 9.17) is 4.74 Å². The molecule has 1 N–H and O–H groups in total. The molecule has 2 rings (SSSR count). The first kappa shape index (κ1) is 18.0. The zero-order chi connectivity index (χ0) is 17.2. The van der Waals surface area contributed by atoms with Gasteiger partial charge in [-0.25, -0.2) is 4.79 Å². The van der Waals surface area contributed by atoms with Crippen LogP contribution in [0.1, 0.15) is 52.9 Å². The Kier molecular flexibility index (Phi) is 5.55. The predicted molar refractivity (Wildman–Crippen MR) is 87.4 cm³/mol. The molecule has 0 unspecified atom stereocenters. The van der Waals surface area contributed by atoms with E-state index in [1.54, 1.807) is 4.90 Å². The van der Waals surface area contributed by atoms with Crippen molar-refractivity contribution in [1.82, 2.24) is 9.80 Å². The minimum absolute atomic E-state index is 0.00529. The number of nitrogens with zero attached hydrogens (tertiary/aromatic N) is 2. The Labute approximate surface area is 138 Å². The zero-order valence-corrected chi connectivity index (χ0v) is 14.7. The summed E-state index contributed by atoms with van der Waals surface area (Å²) in [4.78, 5) is 27.7. The van der Waals surface area contributed by atoms with Crippen LogP contribution in [0.15, 0.2) is 0 Å². The SMILES string of the molecule is CN(C1CCCC1)[C@H]1CCN(C(=O)OC(C)(C)C)C[C@H]1C(=O)O. The summed E-state index contributed by atoms with van der Waals surface area (Å²) in [6.45, 7) is 6.24. The minimum Gasteiger partial charge on any atom is -0.481 e. The monoisotopic (exact) mass is 326 g/mol. The molecule has 0 aromatic heterocycles. The van der Waals surface area contributed by atoms with Crippen molar-refractivity contribution in [2.24, 2.45) is 5.92 Å². The summed E-state index contributed by atoms with van der Waals surface area (Å²) in [5, 5.41) is 9.63. The maximum atomic E-state index is 12.2. The number of rotatable bonds is 3. The van der Waals surface area contributed by atoms with Crippen LogP contribution in [0.5, 0.6) is 0 Å². The van der Waals surface area contributed by atoms with Crippen LogP contribution >= 0.6 is 0 Å². The number of piperidine rings is 1. The maximum Gasteiger partial charge on any atom is 0.410 e. The van der Waals surface area contributed by atoms with Gasteiger partial charge in [0.2, 0.25) is 0 Å². The number of carboxylic acids is 1. The second-order valence-electron chi connectivity index (χ2n) is 7.83. The molecule has 2 fully saturated rings. The molecule has 1 saturated carbocycles. The van der Waals surface area contributed by atoms with E-state index in [0.29, 0.717) is 19.0 Å². The van der Waals surface area contributed by atoms with Gasteiger partial charge in [0.1, 0.15) is 5.60 Å². The molecule has 2 aliphatic rings. The normalized spacial score (nSPS) is 26.6. The van der Waals surface area contributed by atoms with Crippen molar-refractivity contribution in [3.05, 3.63) is 0 Å². The van der Waals surface area contributed by atoms with Crippen LogP contribution in [-0.4, -0.2) is 64.8 Å². The molecule has 0 aromatic rings. The summed E-state index contributed by atoms with van der Waals surface area (Å²) < 4.78 is 5.38. The van der Waals surface area contributed by atoms with Crippen LogP contribution < -0.4 is 0 Å². The molecular formula is C17H30N2O4. The number of ether oxygens (including phenoxy) is 1. The molecule has 0 radical (unpaired) electrons. The van der Waals surface area contributed by atoms with Gasteiger partial charge in [0.25, 0.3) is 0 Å². The van der Waals surface area contributed by atoms with E-state index >= 15 is 0 Å². The van der Waals surface area contributed by atoms with Gasteiger partial charge in [-0.2, -0.15) is 0 Å². The van der Waals surface area contributed by atoms with E-state index in [2.05, 4.69) is 4.90 Å². The summed E-state index contributed by atoms with van der Waals surface area (Å²) in [5.41, 5.74) is -0.562. The molecule has 1 aliphatic carbocycles. The molecule has 1 saturated heterocycles. The van der Waals surface area contributed by atoms with Crippen molar-refractivity contribution in [2.75, 3.05) is 20.1 Å². The summed E-state index contributed by atoms with van der Waals surface area (Å²) in [6.07, 6.45) is 5.02. The van der Waals surface area contributed by atoms with Crippen LogP contribution in [-0.2, 0) is 9.53 Å². The fraction of sp³-hybridized carbons (Fsp3) is 0.882. The lowest BCUT2D eigenvalue weighted by Crippen LogP contribution is -2.56. The Morgan fingerprint density at radius 3 is 2.30 bits per heavy atom. The Morgan fingerprint density at radius 2 is 1.78 bits per heavy atom. The van der Waals surface area contributed by atoms with E-state index in [9.17, 15) is 14.7 Å². The number of carbonyl (C=O) groups is 2. The largest absolute Gasteiger partial charge is 0.481 e. The predicted octanol–water partition coefficient (Wildman–Crippen LogP) is 2.57. The smallest absolute Gasteiger partial charge is 0.410 e. The number of carbonyl (C=O) groups excluding carboxylic acids is 1. The molecule has 1 aliphatic heterocycles. The van der Waals surface area contributed by atoms with Crippen LogP contribution in [0.3, 0.4) is 0 Å². The fourth-order valence-corrected chi connectivity index (χ4v) is 3.74. The average Bonchev–Trinajstić information content (AvgIpc) is 2.98. The van der Waals surface area contributed by atoms with Gasteiger partial charge in [0.15, 0.2) is 0 Å². The molecular weight excluding hydrogens is 296 g/mol. The van der Waals surface area contributed by atoms with Crippen LogP contribution in [0.4, 0.5) is 4.79 Å². The van der Waals surface area contributed by atoms with Crippen LogP contribution in [0.2, 0.25) is 0 Å². The number of aliphatic carboxylic acids is 1. The second kappa shape index (κ2) is 7.07. The summed E-state index contributed by atoms with van der Waals surface area (Å²) in [6, 6.07) is 0.476. The Bertz CT molecular complexity index is 440. The van der Waals surface area contributed by atoms with Gasteiger partial charge in [-0.1, -0.05) is 12.8 Å². The van der Waals surface area contributed by atoms with Gasteiger partial charge in [-0.15, -0.1) is 0 Å². The topological polar surface area (TPSA) is 70.1 Å². The molecule has 23 heavy (non-hydrogen) atoms.